The second-order valence-corrected chi connectivity index (χ2v) is 21.2. The van der Waals surface area contributed by atoms with Crippen molar-refractivity contribution in [2.75, 3.05) is 12.3 Å². The van der Waals surface area contributed by atoms with E-state index in [1.807, 2.05) is 79.3 Å². The molecule has 19 heteroatoms. The van der Waals surface area contributed by atoms with E-state index in [4.69, 9.17) is 4.74 Å². The number of nitrogens with one attached hydrogen (secondary N) is 7. The number of carbonyl (C=O) groups is 7. The predicted octanol–water partition coefficient (Wildman–Crippen LogP) is 4.92. The quantitative estimate of drug-likeness (QED) is 0.0405. The maximum Gasteiger partial charge on any atom is 0.329 e. The van der Waals surface area contributed by atoms with Crippen LogP contribution < -0.4 is 37.2 Å². The lowest BCUT2D eigenvalue weighted by Crippen LogP contribution is -2.58. The zero-order valence-electron chi connectivity index (χ0n) is 41.8. The summed E-state index contributed by atoms with van der Waals surface area (Å²) in [5, 5.41) is 29.7. The molecular formula is C53H74N10O8S. The summed E-state index contributed by atoms with van der Waals surface area (Å²) < 4.78 is 7.70. The summed E-state index contributed by atoms with van der Waals surface area (Å²) >= 11 is 1.87. The van der Waals surface area contributed by atoms with E-state index in [-0.39, 0.29) is 67.7 Å². The van der Waals surface area contributed by atoms with Crippen molar-refractivity contribution in [3.05, 3.63) is 83.7 Å². The standard InChI is InChI=1S/C53H74N10O8S/c1-3-4-18-34(2)41-29-45(66)58-49(46(35-19-8-5-9-20-35)36-21-10-6-11-22-36)51(68)56-39(50(67)59-47(52(69)71-41)37-23-12-7-13-24-37)32-63-31-38(61-62-63)30-55-44(65)27-16-17-28-54-43(64)26-15-14-25-42-48-40(33-72-42)57-53(70)60-48/h5-6,8-11,19-22,31,34,37,39-42,46-49H,3-4,7,12-18,23-30,32-33H2,1-2H3,(H,54,64)(H,55,65)(H,56,68)(H,58,66)(H,59,67)(H2,57,60,70)/t34-,39?,40-,41-,42-,47-,48-,49-/m0/s1. The molecule has 1 aromatic heterocycles. The number of thioether (sulfide) groups is 1. The highest BCUT2D eigenvalue weighted by molar-refractivity contribution is 8.00. The first kappa shape index (κ1) is 53.8. The van der Waals surface area contributed by atoms with Crippen LogP contribution in [0.4, 0.5) is 4.79 Å². The number of carbonyl (C=O) groups excluding carboxylic acids is 7. The molecule has 0 radical (unpaired) electrons. The van der Waals surface area contributed by atoms with E-state index in [2.05, 4.69) is 54.5 Å². The monoisotopic (exact) mass is 1010 g/mol. The van der Waals surface area contributed by atoms with Gasteiger partial charge in [-0.15, -0.1) is 5.10 Å². The van der Waals surface area contributed by atoms with E-state index in [1.54, 1.807) is 6.20 Å². The molecule has 4 aliphatic rings. The number of unbranched alkanes of at least 4 members (excludes halogenated alkanes) is 3. The molecule has 7 N–H and O–H groups in total. The summed E-state index contributed by atoms with van der Waals surface area (Å²) in [6.45, 7) is 4.42. The summed E-state index contributed by atoms with van der Waals surface area (Å²) in [5.74, 6) is -2.57. The molecule has 4 heterocycles. The van der Waals surface area contributed by atoms with Crippen molar-refractivity contribution in [2.24, 2.45) is 11.8 Å². The van der Waals surface area contributed by atoms with Gasteiger partial charge in [-0.1, -0.05) is 118 Å². The molecule has 1 unspecified atom stereocenters. The Bertz CT molecular complexity index is 2240. The molecule has 7 amide bonds. The van der Waals surface area contributed by atoms with Crippen LogP contribution >= 0.6 is 11.8 Å². The van der Waals surface area contributed by atoms with Crippen LogP contribution in [0.15, 0.2) is 66.9 Å². The first-order valence-electron chi connectivity index (χ1n) is 26.3. The van der Waals surface area contributed by atoms with Crippen molar-refractivity contribution in [1.29, 1.82) is 0 Å². The maximum absolute atomic E-state index is 14.9. The number of hydrogen-bond acceptors (Lipinski definition) is 11. The summed E-state index contributed by atoms with van der Waals surface area (Å²) in [6, 6.07) is 15.7. The van der Waals surface area contributed by atoms with Gasteiger partial charge in [-0.05, 0) is 67.9 Å². The minimum Gasteiger partial charge on any atom is -0.460 e. The molecular weight excluding hydrogens is 937 g/mol. The highest BCUT2D eigenvalue weighted by Gasteiger charge is 2.43. The molecule has 3 aromatic rings. The number of esters is 1. The van der Waals surface area contributed by atoms with Crippen LogP contribution in [0.25, 0.3) is 0 Å². The summed E-state index contributed by atoms with van der Waals surface area (Å²) in [5.41, 5.74) is 1.97. The molecule has 18 nitrogen and oxygen atoms in total. The Labute approximate surface area is 427 Å². The Kier molecular flexibility index (Phi) is 20.3. The molecule has 1 aliphatic carbocycles. The van der Waals surface area contributed by atoms with Crippen LogP contribution in [-0.4, -0.2) is 110 Å². The SMILES string of the molecule is CCCC[C@H](C)[C@@H]1CC(=O)N[C@@H](C(c2ccccc2)c2ccccc2)C(=O)NC(Cn2cc(CNC(=O)CCCCNC(=O)CCCC[C@@H]3SC[C@@H]4NC(=O)N[C@@H]43)nn2)C(=O)N[C@@H](C2CCCCC2)C(=O)O1. The average molecular weight is 1010 g/mol. The first-order valence-corrected chi connectivity index (χ1v) is 27.3. The molecule has 0 spiro atoms. The van der Waals surface area contributed by atoms with E-state index < -0.39 is 53.8 Å². The second kappa shape index (κ2) is 27.2. The third-order valence-electron chi connectivity index (χ3n) is 14.5. The lowest BCUT2D eigenvalue weighted by Gasteiger charge is -2.32. The summed E-state index contributed by atoms with van der Waals surface area (Å²) in [4.78, 5) is 95.2. The fourth-order valence-electron chi connectivity index (χ4n) is 10.4. The van der Waals surface area contributed by atoms with E-state index in [9.17, 15) is 33.6 Å². The number of benzene rings is 2. The predicted molar refractivity (Wildman–Crippen MR) is 273 cm³/mol. The number of cyclic esters (lactones) is 1. The number of amides is 7. The lowest BCUT2D eigenvalue weighted by atomic mass is 9.83. The molecule has 390 valence electrons. The highest BCUT2D eigenvalue weighted by Crippen LogP contribution is 2.34. The van der Waals surface area contributed by atoms with Gasteiger partial charge in [-0.2, -0.15) is 11.8 Å². The highest BCUT2D eigenvalue weighted by atomic mass is 32.2. The number of ether oxygens (including phenoxy) is 1. The van der Waals surface area contributed by atoms with Gasteiger partial charge in [0.15, 0.2) is 0 Å². The van der Waals surface area contributed by atoms with Crippen molar-refractivity contribution in [1.82, 2.24) is 52.2 Å². The third-order valence-corrected chi connectivity index (χ3v) is 16.0. The van der Waals surface area contributed by atoms with Gasteiger partial charge in [0.1, 0.15) is 29.9 Å². The molecule has 3 saturated heterocycles. The van der Waals surface area contributed by atoms with E-state index >= 15 is 0 Å². The topological polar surface area (TPSA) is 244 Å². The maximum atomic E-state index is 14.9. The number of rotatable bonds is 22. The average Bonchev–Trinajstić information content (AvgIpc) is 4.11. The Morgan fingerprint density at radius 2 is 1.50 bits per heavy atom. The minimum absolute atomic E-state index is 0.0121. The normalized spacial score (nSPS) is 24.5. The number of hydrogen-bond donors (Lipinski definition) is 7. The fraction of sp³-hybridized carbons (Fsp3) is 0.604. The van der Waals surface area contributed by atoms with Crippen molar-refractivity contribution in [3.8, 4) is 0 Å². The van der Waals surface area contributed by atoms with Gasteiger partial charge >= 0.3 is 12.0 Å². The zero-order valence-corrected chi connectivity index (χ0v) is 42.6. The molecule has 7 rings (SSSR count). The van der Waals surface area contributed by atoms with Gasteiger partial charge in [0.25, 0.3) is 0 Å². The number of nitrogens with zero attached hydrogens (tertiary/aromatic N) is 3. The van der Waals surface area contributed by atoms with E-state index in [1.165, 1.54) is 4.68 Å². The van der Waals surface area contributed by atoms with Gasteiger partial charge in [-0.25, -0.2) is 14.3 Å². The lowest BCUT2D eigenvalue weighted by molar-refractivity contribution is -0.159. The van der Waals surface area contributed by atoms with Gasteiger partial charge in [0.2, 0.25) is 29.5 Å². The molecule has 8 atom stereocenters. The third kappa shape index (κ3) is 15.5. The van der Waals surface area contributed by atoms with E-state index in [0.717, 1.165) is 74.7 Å². The molecule has 4 fully saturated rings. The fourth-order valence-corrected chi connectivity index (χ4v) is 12.0. The largest absolute Gasteiger partial charge is 0.460 e. The Morgan fingerprint density at radius 3 is 2.21 bits per heavy atom. The first-order chi connectivity index (χ1) is 34.9. The molecule has 1 saturated carbocycles. The van der Waals surface area contributed by atoms with Crippen LogP contribution in [0.1, 0.15) is 139 Å². The van der Waals surface area contributed by atoms with Crippen LogP contribution in [-0.2, 0) is 46.6 Å². The molecule has 72 heavy (non-hydrogen) atoms. The van der Waals surface area contributed by atoms with Gasteiger partial charge in [0.05, 0.1) is 37.8 Å². The van der Waals surface area contributed by atoms with Crippen LogP contribution in [0.2, 0.25) is 0 Å². The number of aromatic nitrogens is 3. The van der Waals surface area contributed by atoms with Crippen LogP contribution in [0.3, 0.4) is 0 Å². The minimum atomic E-state index is -1.27. The zero-order chi connectivity index (χ0) is 50.8. The van der Waals surface area contributed by atoms with Crippen molar-refractivity contribution in [3.63, 3.8) is 0 Å². The Hall–Kier alpha value is -5.98. The number of urea groups is 1. The van der Waals surface area contributed by atoms with Gasteiger partial charge in [0, 0.05) is 36.3 Å². The van der Waals surface area contributed by atoms with Gasteiger partial charge in [-0.3, -0.25) is 24.0 Å². The molecule has 3 aliphatic heterocycles. The number of fused-ring (bicyclic) bond motifs is 1. The van der Waals surface area contributed by atoms with Crippen molar-refractivity contribution in [2.45, 2.75) is 177 Å². The second-order valence-electron chi connectivity index (χ2n) is 20.0. The molecule has 0 bridgehead atoms. The van der Waals surface area contributed by atoms with Crippen molar-refractivity contribution >= 4 is 53.3 Å². The van der Waals surface area contributed by atoms with Crippen molar-refractivity contribution < 1.29 is 38.3 Å². The van der Waals surface area contributed by atoms with Crippen LogP contribution in [0.5, 0.6) is 0 Å². The Balaban J connectivity index is 0.985. The van der Waals surface area contributed by atoms with E-state index in [0.29, 0.717) is 49.6 Å². The Morgan fingerprint density at radius 1 is 0.806 bits per heavy atom. The summed E-state index contributed by atoms with van der Waals surface area (Å²) in [6.07, 6.45) is 11.9. The summed E-state index contributed by atoms with van der Waals surface area (Å²) in [7, 11) is 0. The van der Waals surface area contributed by atoms with Crippen LogP contribution in [0, 0.1) is 11.8 Å². The smallest absolute Gasteiger partial charge is 0.329 e. The molecule has 2 aromatic carbocycles. The van der Waals surface area contributed by atoms with Gasteiger partial charge < -0.3 is 42.0 Å².